The molecule has 0 saturated carbocycles. The van der Waals surface area contributed by atoms with Gasteiger partial charge in [0.15, 0.2) is 0 Å². The van der Waals surface area contributed by atoms with Gasteiger partial charge >= 0.3 is 0 Å². The van der Waals surface area contributed by atoms with Gasteiger partial charge in [-0.25, -0.2) is 0 Å². The lowest BCUT2D eigenvalue weighted by molar-refractivity contribution is -0.133. The lowest BCUT2D eigenvalue weighted by Crippen LogP contribution is -2.57. The Morgan fingerprint density at radius 1 is 1.04 bits per heavy atom. The summed E-state index contributed by atoms with van der Waals surface area (Å²) in [5, 5.41) is 3.28. The molecule has 26 heavy (non-hydrogen) atoms. The van der Waals surface area contributed by atoms with Gasteiger partial charge in [0.25, 0.3) is 10.2 Å². The Morgan fingerprint density at radius 2 is 1.62 bits per heavy atom. The minimum absolute atomic E-state index is 0. The summed E-state index contributed by atoms with van der Waals surface area (Å²) in [6, 6.07) is 0.0633. The third-order valence-electron chi connectivity index (χ3n) is 5.13. The standard InChI is InChI=1S/C15H29N5O4S.ClH/c1-17-3-7-19(8-4-17)25(22,23)20-9-5-18(6-10-20)15(21)12-14-13-24-11-2-16-14;/h14,16H,2-13H2,1H3;1H. The maximum Gasteiger partial charge on any atom is 0.282 e. The summed E-state index contributed by atoms with van der Waals surface area (Å²) in [5.74, 6) is 0.0691. The highest BCUT2D eigenvalue weighted by Crippen LogP contribution is 2.15. The first kappa shape index (κ1) is 21.8. The lowest BCUT2D eigenvalue weighted by atomic mass is 10.1. The monoisotopic (exact) mass is 411 g/mol. The predicted molar refractivity (Wildman–Crippen MR) is 101 cm³/mol. The van der Waals surface area contributed by atoms with E-state index in [1.54, 1.807) is 9.21 Å². The molecule has 0 aliphatic carbocycles. The van der Waals surface area contributed by atoms with Crippen LogP contribution in [0.5, 0.6) is 0 Å². The molecule has 0 bridgehead atoms. The molecular weight excluding hydrogens is 382 g/mol. The van der Waals surface area contributed by atoms with E-state index in [0.29, 0.717) is 58.9 Å². The van der Waals surface area contributed by atoms with Gasteiger partial charge in [-0.05, 0) is 7.05 Å². The number of halogens is 1. The van der Waals surface area contributed by atoms with Gasteiger partial charge in [0.05, 0.1) is 13.2 Å². The largest absolute Gasteiger partial charge is 0.378 e. The van der Waals surface area contributed by atoms with Gasteiger partial charge in [-0.1, -0.05) is 0 Å². The predicted octanol–water partition coefficient (Wildman–Crippen LogP) is -1.58. The van der Waals surface area contributed by atoms with Gasteiger partial charge in [0.1, 0.15) is 0 Å². The number of hydrogen-bond donors (Lipinski definition) is 1. The molecule has 3 aliphatic heterocycles. The zero-order chi connectivity index (χ0) is 17.9. The van der Waals surface area contributed by atoms with Gasteiger partial charge in [-0.15, -0.1) is 12.4 Å². The summed E-state index contributed by atoms with van der Waals surface area (Å²) in [4.78, 5) is 16.3. The zero-order valence-electron chi connectivity index (χ0n) is 15.3. The SMILES string of the molecule is CN1CCN(S(=O)(=O)N2CCN(C(=O)CC3COCCN3)CC2)CC1.Cl. The number of carbonyl (C=O) groups is 1. The van der Waals surface area contributed by atoms with Crippen LogP contribution in [-0.4, -0.2) is 118 Å². The van der Waals surface area contributed by atoms with E-state index in [9.17, 15) is 13.2 Å². The van der Waals surface area contributed by atoms with E-state index in [4.69, 9.17) is 4.74 Å². The topological polar surface area (TPSA) is 85.4 Å². The third-order valence-corrected chi connectivity index (χ3v) is 7.16. The second-order valence-corrected chi connectivity index (χ2v) is 8.85. The molecule has 3 saturated heterocycles. The van der Waals surface area contributed by atoms with Crippen LogP contribution in [-0.2, 0) is 19.7 Å². The fourth-order valence-electron chi connectivity index (χ4n) is 3.44. The maximum atomic E-state index is 12.7. The van der Waals surface area contributed by atoms with Crippen molar-refractivity contribution in [3.05, 3.63) is 0 Å². The van der Waals surface area contributed by atoms with Crippen molar-refractivity contribution in [1.29, 1.82) is 0 Å². The number of piperazine rings is 2. The van der Waals surface area contributed by atoms with Gasteiger partial charge in [0.2, 0.25) is 5.91 Å². The summed E-state index contributed by atoms with van der Waals surface area (Å²) in [5.41, 5.74) is 0. The van der Waals surface area contributed by atoms with Crippen LogP contribution in [0.1, 0.15) is 6.42 Å². The van der Waals surface area contributed by atoms with Crippen molar-refractivity contribution >= 4 is 28.5 Å². The van der Waals surface area contributed by atoms with Crippen molar-refractivity contribution in [2.24, 2.45) is 0 Å². The first-order valence-electron chi connectivity index (χ1n) is 8.99. The molecule has 0 spiro atoms. The molecule has 0 aromatic carbocycles. The van der Waals surface area contributed by atoms with Gasteiger partial charge < -0.3 is 19.9 Å². The Kier molecular flexibility index (Phi) is 8.08. The lowest BCUT2D eigenvalue weighted by Gasteiger charge is -2.39. The minimum atomic E-state index is -3.42. The summed E-state index contributed by atoms with van der Waals surface area (Å²) in [6.07, 6.45) is 0.408. The fraction of sp³-hybridized carbons (Fsp3) is 0.933. The Labute approximate surface area is 162 Å². The van der Waals surface area contributed by atoms with E-state index in [-0.39, 0.29) is 24.4 Å². The van der Waals surface area contributed by atoms with Crippen molar-refractivity contribution in [2.75, 3.05) is 79.2 Å². The third kappa shape index (κ3) is 5.28. The van der Waals surface area contributed by atoms with Gasteiger partial charge in [-0.3, -0.25) is 4.79 Å². The quantitative estimate of drug-likeness (QED) is 0.601. The number of carbonyl (C=O) groups excluding carboxylic acids is 1. The molecule has 3 heterocycles. The van der Waals surface area contributed by atoms with Crippen molar-refractivity contribution in [2.45, 2.75) is 12.5 Å². The number of nitrogens with one attached hydrogen (secondary N) is 1. The molecule has 0 radical (unpaired) electrons. The van der Waals surface area contributed by atoms with Crippen LogP contribution in [0, 0.1) is 0 Å². The number of ether oxygens (including phenoxy) is 1. The molecule has 3 aliphatic rings. The highest BCUT2D eigenvalue weighted by molar-refractivity contribution is 7.86. The molecule has 3 fully saturated rings. The van der Waals surface area contributed by atoms with Crippen LogP contribution in [0.15, 0.2) is 0 Å². The van der Waals surface area contributed by atoms with Crippen LogP contribution < -0.4 is 5.32 Å². The van der Waals surface area contributed by atoms with Crippen LogP contribution in [0.25, 0.3) is 0 Å². The Balaban J connectivity index is 0.00000243. The number of nitrogens with zero attached hydrogens (tertiary/aromatic N) is 4. The Bertz CT molecular complexity index is 556. The molecule has 11 heteroatoms. The van der Waals surface area contributed by atoms with Crippen LogP contribution in [0.4, 0.5) is 0 Å². The highest BCUT2D eigenvalue weighted by atomic mass is 35.5. The second-order valence-electron chi connectivity index (χ2n) is 6.92. The van der Waals surface area contributed by atoms with E-state index in [2.05, 4.69) is 10.2 Å². The van der Waals surface area contributed by atoms with Crippen LogP contribution in [0.3, 0.4) is 0 Å². The highest BCUT2D eigenvalue weighted by Gasteiger charge is 2.35. The average molecular weight is 412 g/mol. The van der Waals surface area contributed by atoms with Gasteiger partial charge in [-0.2, -0.15) is 17.0 Å². The number of morpholine rings is 1. The number of hydrogen-bond acceptors (Lipinski definition) is 6. The molecule has 0 aromatic heterocycles. The number of amides is 1. The summed E-state index contributed by atoms with van der Waals surface area (Å²) in [6.45, 7) is 6.26. The molecule has 1 atom stereocenters. The van der Waals surface area contributed by atoms with Crippen molar-refractivity contribution in [1.82, 2.24) is 23.7 Å². The summed E-state index contributed by atoms with van der Waals surface area (Å²) in [7, 11) is -1.41. The molecule has 1 unspecified atom stereocenters. The Morgan fingerprint density at radius 3 is 2.15 bits per heavy atom. The van der Waals surface area contributed by atoms with Crippen molar-refractivity contribution in [3.63, 3.8) is 0 Å². The molecule has 3 rings (SSSR count). The fourth-order valence-corrected chi connectivity index (χ4v) is 5.02. The van der Waals surface area contributed by atoms with E-state index >= 15 is 0 Å². The first-order valence-corrected chi connectivity index (χ1v) is 10.4. The second kappa shape index (κ2) is 9.63. The van der Waals surface area contributed by atoms with Crippen molar-refractivity contribution < 1.29 is 17.9 Å². The van der Waals surface area contributed by atoms with E-state index < -0.39 is 10.2 Å². The van der Waals surface area contributed by atoms with Gasteiger partial charge in [0, 0.05) is 71.4 Å². The van der Waals surface area contributed by atoms with Crippen LogP contribution in [0.2, 0.25) is 0 Å². The number of likely N-dealkylation sites (N-methyl/N-ethyl adjacent to an activating group) is 1. The Hall–Kier alpha value is -0.490. The molecule has 1 amide bonds. The first-order chi connectivity index (χ1) is 12.0. The molecule has 1 N–H and O–H groups in total. The maximum absolute atomic E-state index is 12.7. The van der Waals surface area contributed by atoms with E-state index in [1.807, 2.05) is 7.05 Å². The van der Waals surface area contributed by atoms with E-state index in [0.717, 1.165) is 19.6 Å². The van der Waals surface area contributed by atoms with Crippen LogP contribution >= 0.6 is 12.4 Å². The van der Waals surface area contributed by atoms with Crippen molar-refractivity contribution in [3.8, 4) is 0 Å². The van der Waals surface area contributed by atoms with E-state index in [1.165, 1.54) is 4.31 Å². The molecular formula is C15H30ClN5O4S. The molecule has 9 nitrogen and oxygen atoms in total. The molecule has 152 valence electrons. The normalized spacial score (nSPS) is 27.1. The average Bonchev–Trinajstić information content (AvgIpc) is 2.63. The molecule has 0 aromatic rings. The number of rotatable bonds is 4. The smallest absolute Gasteiger partial charge is 0.282 e. The summed E-state index contributed by atoms with van der Waals surface area (Å²) >= 11 is 0. The zero-order valence-corrected chi connectivity index (χ0v) is 16.9. The summed E-state index contributed by atoms with van der Waals surface area (Å²) < 4.78 is 33.9. The minimum Gasteiger partial charge on any atom is -0.378 e.